The molecule has 0 spiro atoms. The Balaban J connectivity index is 2.15. The van der Waals surface area contributed by atoms with Crippen molar-refractivity contribution in [2.75, 3.05) is 6.54 Å². The van der Waals surface area contributed by atoms with Crippen molar-refractivity contribution in [1.29, 1.82) is 0 Å². The third-order valence-corrected chi connectivity index (χ3v) is 5.69. The molecule has 1 atom stereocenters. The summed E-state index contributed by atoms with van der Waals surface area (Å²) < 4.78 is 77.1. The summed E-state index contributed by atoms with van der Waals surface area (Å²) in [6.07, 6.45) is -7.43. The van der Waals surface area contributed by atoms with Crippen LogP contribution in [-0.2, 0) is 0 Å². The first-order valence-corrected chi connectivity index (χ1v) is 10.7. The molecule has 0 heterocycles. The molecule has 2 rings (SSSR count). The highest BCUT2D eigenvalue weighted by atomic mass is 35.5. The summed E-state index contributed by atoms with van der Waals surface area (Å²) in [7, 11) is 0. The Morgan fingerprint density at radius 1 is 0.886 bits per heavy atom. The Bertz CT molecular complexity index is 1120. The fourth-order valence-electron chi connectivity index (χ4n) is 2.60. The van der Waals surface area contributed by atoms with Gasteiger partial charge in [0.2, 0.25) is 0 Å². The number of alkyl halides is 6. The van der Waals surface area contributed by atoms with E-state index in [1.165, 1.54) is 17.4 Å². The van der Waals surface area contributed by atoms with E-state index in [9.17, 15) is 35.9 Å². The summed E-state index contributed by atoms with van der Waals surface area (Å²) in [5.41, 5.74) is 3.27. The fourth-order valence-corrected chi connectivity index (χ4v) is 3.48. The lowest BCUT2D eigenvalue weighted by Gasteiger charge is -2.18. The van der Waals surface area contributed by atoms with Crippen molar-refractivity contribution in [3.63, 3.8) is 0 Å². The van der Waals surface area contributed by atoms with Gasteiger partial charge in [0.05, 0.1) is 31.6 Å². The monoisotopic (exact) mass is 581 g/mol. The number of carbonyl (C=O) groups is 2. The van der Waals surface area contributed by atoms with Gasteiger partial charge in [-0.05, 0) is 35.4 Å². The maximum Gasteiger partial charge on any atom is 0.405 e. The Morgan fingerprint density at radius 2 is 1.49 bits per heavy atom. The number of allylic oxidation sites excluding steroid dienone is 1. The lowest BCUT2D eigenvalue weighted by molar-refractivity contribution is -0.139. The predicted octanol–water partition coefficient (Wildman–Crippen LogP) is 7.17. The Kier molecular flexibility index (Phi) is 9.57. The predicted molar refractivity (Wildman–Crippen MR) is 121 cm³/mol. The highest BCUT2D eigenvalue weighted by Crippen LogP contribution is 2.41. The maximum absolute atomic E-state index is 13.6. The summed E-state index contributed by atoms with van der Waals surface area (Å²) in [6, 6.07) is 4.33. The van der Waals surface area contributed by atoms with E-state index in [1.807, 2.05) is 5.43 Å². The number of hydrogen-bond acceptors (Lipinski definition) is 2. The van der Waals surface area contributed by atoms with Crippen LogP contribution in [-0.4, -0.2) is 30.8 Å². The molecule has 15 heteroatoms. The second-order valence-electron chi connectivity index (χ2n) is 6.79. The minimum Gasteiger partial charge on any atom is -0.328 e. The van der Waals surface area contributed by atoms with E-state index in [-0.39, 0.29) is 36.8 Å². The Morgan fingerprint density at radius 3 is 2.00 bits per heavy atom. The summed E-state index contributed by atoms with van der Waals surface area (Å²) in [6.45, 7) is -1.62. The minimum atomic E-state index is -4.71. The van der Waals surface area contributed by atoms with Crippen LogP contribution < -0.4 is 16.2 Å². The van der Waals surface area contributed by atoms with Crippen LogP contribution >= 0.6 is 46.4 Å². The minimum absolute atomic E-state index is 0.0880. The molecule has 35 heavy (non-hydrogen) atoms. The molecule has 3 amide bonds. The zero-order valence-electron chi connectivity index (χ0n) is 16.9. The molecule has 0 radical (unpaired) electrons. The average molecular weight is 583 g/mol. The van der Waals surface area contributed by atoms with Gasteiger partial charge in [-0.25, -0.2) is 10.2 Å². The molecule has 190 valence electrons. The zero-order chi connectivity index (χ0) is 26.6. The van der Waals surface area contributed by atoms with Crippen LogP contribution in [0.4, 0.5) is 31.1 Å². The largest absolute Gasteiger partial charge is 0.405 e. The molecule has 0 fully saturated rings. The van der Waals surface area contributed by atoms with Crippen LogP contribution in [0, 0.1) is 0 Å². The van der Waals surface area contributed by atoms with Gasteiger partial charge in [0.15, 0.2) is 0 Å². The molecular formula is C20H13Cl4F6N3O2. The van der Waals surface area contributed by atoms with Gasteiger partial charge in [-0.1, -0.05) is 64.6 Å². The van der Waals surface area contributed by atoms with E-state index in [2.05, 4.69) is 0 Å². The molecule has 0 bridgehead atoms. The van der Waals surface area contributed by atoms with E-state index in [4.69, 9.17) is 46.4 Å². The van der Waals surface area contributed by atoms with Crippen LogP contribution in [0.15, 0.2) is 36.4 Å². The lowest BCUT2D eigenvalue weighted by Crippen LogP contribution is -2.49. The van der Waals surface area contributed by atoms with Crippen molar-refractivity contribution < 1.29 is 35.9 Å². The molecule has 3 N–H and O–H groups in total. The molecule has 0 aromatic heterocycles. The van der Waals surface area contributed by atoms with Crippen molar-refractivity contribution >= 4 is 64.4 Å². The topological polar surface area (TPSA) is 70.2 Å². The fraction of sp³-hybridized carbons (Fsp3) is 0.200. The van der Waals surface area contributed by atoms with E-state index in [0.29, 0.717) is 0 Å². The van der Waals surface area contributed by atoms with Crippen molar-refractivity contribution in [3.8, 4) is 0 Å². The van der Waals surface area contributed by atoms with Crippen LogP contribution in [0.1, 0.15) is 27.4 Å². The van der Waals surface area contributed by atoms with Gasteiger partial charge in [0.25, 0.3) is 5.91 Å². The van der Waals surface area contributed by atoms with Crippen LogP contribution in [0.5, 0.6) is 0 Å². The number of hydrogen-bond donors (Lipinski definition) is 3. The van der Waals surface area contributed by atoms with Crippen LogP contribution in [0.2, 0.25) is 20.1 Å². The number of carbonyl (C=O) groups excluding carboxylic acids is 2. The van der Waals surface area contributed by atoms with Gasteiger partial charge in [-0.3, -0.25) is 10.2 Å². The lowest BCUT2D eigenvalue weighted by atomic mass is 9.97. The second kappa shape index (κ2) is 11.6. The number of amides is 3. The third kappa shape index (κ3) is 8.68. The number of benzene rings is 2. The first kappa shape index (κ1) is 28.9. The van der Waals surface area contributed by atoms with Crippen molar-refractivity contribution in [2.24, 2.45) is 0 Å². The number of halogens is 10. The van der Waals surface area contributed by atoms with Gasteiger partial charge in [-0.2, -0.15) is 26.3 Å². The smallest absolute Gasteiger partial charge is 0.328 e. The number of urea groups is 1. The number of nitrogens with one attached hydrogen (secondary N) is 3. The SMILES string of the molecule is O=C(NCC(F)(F)F)NNC(=O)c1ccc(/C=C/C(c2cc(Cl)c(Cl)c(Cl)c2)C(F)(F)F)cc1Cl. The maximum atomic E-state index is 13.6. The van der Waals surface area contributed by atoms with Crippen molar-refractivity contribution in [1.82, 2.24) is 16.2 Å². The Labute approximate surface area is 214 Å². The quantitative estimate of drug-likeness (QED) is 0.199. The van der Waals surface area contributed by atoms with Gasteiger partial charge >= 0.3 is 18.4 Å². The number of rotatable bonds is 5. The average Bonchev–Trinajstić information content (AvgIpc) is 2.73. The summed E-state index contributed by atoms with van der Waals surface area (Å²) in [4.78, 5) is 23.4. The first-order valence-electron chi connectivity index (χ1n) is 9.18. The standard InChI is InChI=1S/C20H13Cl4F6N3O2/c21-13-5-9(1-3-11(13)17(34)32-33-18(35)31-8-19(25,26)27)2-4-12(20(28,29)30)10-6-14(22)16(24)15(23)7-10/h1-7,12H,8H2,(H,32,34)(H2,31,33,35)/b4-2+. The molecule has 0 saturated heterocycles. The molecule has 0 aliphatic heterocycles. The molecule has 0 saturated carbocycles. The normalized spacial score (nSPS) is 13.0. The molecule has 5 nitrogen and oxygen atoms in total. The zero-order valence-corrected chi connectivity index (χ0v) is 19.9. The second-order valence-corrected chi connectivity index (χ2v) is 8.39. The molecule has 2 aromatic rings. The number of hydrazine groups is 1. The van der Waals surface area contributed by atoms with Gasteiger partial charge in [0, 0.05) is 0 Å². The summed E-state index contributed by atoms with van der Waals surface area (Å²) >= 11 is 23.5. The molecule has 2 aromatic carbocycles. The van der Waals surface area contributed by atoms with Gasteiger partial charge in [0.1, 0.15) is 6.54 Å². The third-order valence-electron chi connectivity index (χ3n) is 4.18. The van der Waals surface area contributed by atoms with Crippen molar-refractivity contribution in [3.05, 3.63) is 73.2 Å². The molecule has 0 aliphatic carbocycles. The highest BCUT2D eigenvalue weighted by Gasteiger charge is 2.39. The molecule has 0 aliphatic rings. The summed E-state index contributed by atoms with van der Waals surface area (Å²) in [5, 5.41) is 0.862. The summed E-state index contributed by atoms with van der Waals surface area (Å²) in [5.74, 6) is -3.08. The van der Waals surface area contributed by atoms with Gasteiger partial charge < -0.3 is 5.32 Å². The molecular weight excluding hydrogens is 570 g/mol. The van der Waals surface area contributed by atoms with Gasteiger partial charge in [-0.15, -0.1) is 0 Å². The van der Waals surface area contributed by atoms with Crippen molar-refractivity contribution in [2.45, 2.75) is 18.3 Å². The Hall–Kier alpha value is -2.34. The molecule has 1 unspecified atom stereocenters. The first-order chi connectivity index (χ1) is 16.1. The van der Waals surface area contributed by atoms with E-state index >= 15 is 0 Å². The van der Waals surface area contributed by atoms with E-state index < -0.39 is 36.8 Å². The van der Waals surface area contributed by atoms with Crippen LogP contribution in [0.25, 0.3) is 6.08 Å². The van der Waals surface area contributed by atoms with E-state index in [1.54, 1.807) is 5.43 Å². The van der Waals surface area contributed by atoms with E-state index in [0.717, 1.165) is 30.4 Å². The van der Waals surface area contributed by atoms with Crippen LogP contribution in [0.3, 0.4) is 0 Å². The highest BCUT2D eigenvalue weighted by molar-refractivity contribution is 6.48.